The van der Waals surface area contributed by atoms with Crippen molar-refractivity contribution in [3.63, 3.8) is 0 Å². The first kappa shape index (κ1) is 15.8. The van der Waals surface area contributed by atoms with Gasteiger partial charge in [0, 0.05) is 17.5 Å². The van der Waals surface area contributed by atoms with Crippen LogP contribution in [-0.2, 0) is 6.42 Å². The Kier molecular flexibility index (Phi) is 5.19. The maximum atomic E-state index is 5.43. The van der Waals surface area contributed by atoms with Crippen LogP contribution < -0.4 is 10.1 Å². The largest absolute Gasteiger partial charge is 0.496 e. The number of para-hydroxylation sites is 1. The smallest absolute Gasteiger partial charge is 0.122 e. The molecule has 0 radical (unpaired) electrons. The minimum atomic E-state index is 0.0158. The SMILES string of the molecule is C=CC(C)(CNC(C)(C)C)Cc1ccccc1OC. The summed E-state index contributed by atoms with van der Waals surface area (Å²) < 4.78 is 5.43. The highest BCUT2D eigenvalue weighted by Gasteiger charge is 2.24. The number of nitrogens with one attached hydrogen (secondary N) is 1. The van der Waals surface area contributed by atoms with Gasteiger partial charge in [0.15, 0.2) is 0 Å². The Balaban J connectivity index is 2.83. The number of ether oxygens (including phenoxy) is 1. The standard InChI is InChI=1S/C17H27NO/c1-7-17(5,13-18-16(2,3)4)12-14-10-8-9-11-15(14)19-6/h7-11,18H,1,12-13H2,2-6H3. The van der Waals surface area contributed by atoms with E-state index in [4.69, 9.17) is 4.74 Å². The van der Waals surface area contributed by atoms with E-state index in [9.17, 15) is 0 Å². The van der Waals surface area contributed by atoms with Crippen LogP contribution in [0.3, 0.4) is 0 Å². The van der Waals surface area contributed by atoms with Crippen molar-refractivity contribution in [3.8, 4) is 5.75 Å². The van der Waals surface area contributed by atoms with E-state index in [1.54, 1.807) is 7.11 Å². The van der Waals surface area contributed by atoms with Gasteiger partial charge < -0.3 is 10.1 Å². The molecule has 0 aromatic heterocycles. The van der Waals surface area contributed by atoms with Crippen molar-refractivity contribution in [3.05, 3.63) is 42.5 Å². The lowest BCUT2D eigenvalue weighted by atomic mass is 9.82. The topological polar surface area (TPSA) is 21.3 Å². The molecule has 0 amide bonds. The van der Waals surface area contributed by atoms with Gasteiger partial charge in [-0.2, -0.15) is 0 Å². The Bertz CT molecular complexity index is 420. The van der Waals surface area contributed by atoms with Gasteiger partial charge in [0.25, 0.3) is 0 Å². The highest BCUT2D eigenvalue weighted by atomic mass is 16.5. The fourth-order valence-electron chi connectivity index (χ4n) is 1.96. The Hall–Kier alpha value is -1.28. The van der Waals surface area contributed by atoms with E-state index >= 15 is 0 Å². The fourth-order valence-corrected chi connectivity index (χ4v) is 1.96. The van der Waals surface area contributed by atoms with E-state index in [2.05, 4.69) is 51.7 Å². The quantitative estimate of drug-likeness (QED) is 0.786. The second-order valence-electron chi connectivity index (χ2n) is 6.45. The molecule has 2 nitrogen and oxygen atoms in total. The molecule has 0 aliphatic rings. The Labute approximate surface area is 117 Å². The summed E-state index contributed by atoms with van der Waals surface area (Å²) in [5.74, 6) is 0.950. The Morgan fingerprint density at radius 2 is 1.84 bits per heavy atom. The van der Waals surface area contributed by atoms with Crippen LogP contribution in [0.4, 0.5) is 0 Å². The van der Waals surface area contributed by atoms with E-state index in [0.717, 1.165) is 18.7 Å². The molecule has 0 saturated heterocycles. The first-order valence-corrected chi connectivity index (χ1v) is 6.80. The van der Waals surface area contributed by atoms with E-state index in [0.29, 0.717) is 0 Å². The summed E-state index contributed by atoms with van der Waals surface area (Å²) in [5.41, 5.74) is 1.36. The average molecular weight is 261 g/mol. The summed E-state index contributed by atoms with van der Waals surface area (Å²) in [4.78, 5) is 0. The van der Waals surface area contributed by atoms with Crippen molar-refractivity contribution in [2.24, 2.45) is 5.41 Å². The number of rotatable bonds is 6. The normalized spacial score (nSPS) is 14.8. The van der Waals surface area contributed by atoms with Crippen LogP contribution in [0.2, 0.25) is 0 Å². The minimum absolute atomic E-state index is 0.0158. The molecule has 0 aliphatic heterocycles. The molecule has 0 fully saturated rings. The molecular formula is C17H27NO. The van der Waals surface area contributed by atoms with E-state index in [1.807, 2.05) is 18.2 Å². The fraction of sp³-hybridized carbons (Fsp3) is 0.529. The third kappa shape index (κ3) is 5.07. The van der Waals surface area contributed by atoms with Crippen LogP contribution >= 0.6 is 0 Å². The van der Waals surface area contributed by atoms with Crippen molar-refractivity contribution in [1.29, 1.82) is 0 Å². The van der Waals surface area contributed by atoms with Crippen LogP contribution in [0.15, 0.2) is 36.9 Å². The maximum absolute atomic E-state index is 5.43. The third-order valence-corrected chi connectivity index (χ3v) is 3.30. The predicted molar refractivity (Wildman–Crippen MR) is 82.8 cm³/mol. The van der Waals surface area contributed by atoms with Crippen LogP contribution in [0.5, 0.6) is 5.75 Å². The maximum Gasteiger partial charge on any atom is 0.122 e. The van der Waals surface area contributed by atoms with Crippen LogP contribution in [-0.4, -0.2) is 19.2 Å². The van der Waals surface area contributed by atoms with Gasteiger partial charge >= 0.3 is 0 Å². The van der Waals surface area contributed by atoms with Gasteiger partial charge in [-0.25, -0.2) is 0 Å². The van der Waals surface area contributed by atoms with Crippen molar-refractivity contribution in [1.82, 2.24) is 5.32 Å². The molecule has 0 heterocycles. The van der Waals surface area contributed by atoms with Crippen LogP contribution in [0.25, 0.3) is 0 Å². The lowest BCUT2D eigenvalue weighted by Crippen LogP contribution is -2.43. The van der Waals surface area contributed by atoms with E-state index in [1.165, 1.54) is 5.56 Å². The molecule has 19 heavy (non-hydrogen) atoms. The van der Waals surface area contributed by atoms with Gasteiger partial charge in [0.05, 0.1) is 7.11 Å². The molecule has 1 aromatic carbocycles. The van der Waals surface area contributed by atoms with Gasteiger partial charge in [-0.05, 0) is 38.8 Å². The molecule has 0 bridgehead atoms. The molecule has 0 spiro atoms. The number of hydrogen-bond donors (Lipinski definition) is 1. The van der Waals surface area contributed by atoms with E-state index < -0.39 is 0 Å². The van der Waals surface area contributed by atoms with Gasteiger partial charge in [0.2, 0.25) is 0 Å². The molecule has 2 heteroatoms. The number of methoxy groups -OCH3 is 1. The second kappa shape index (κ2) is 6.25. The summed E-state index contributed by atoms with van der Waals surface area (Å²) in [6, 6.07) is 8.19. The lowest BCUT2D eigenvalue weighted by Gasteiger charge is -2.31. The third-order valence-electron chi connectivity index (χ3n) is 3.30. The van der Waals surface area contributed by atoms with Crippen LogP contribution in [0.1, 0.15) is 33.3 Å². The second-order valence-corrected chi connectivity index (χ2v) is 6.45. The zero-order chi connectivity index (χ0) is 14.5. The molecular weight excluding hydrogens is 234 g/mol. The molecule has 0 saturated carbocycles. The van der Waals surface area contributed by atoms with Gasteiger partial charge in [-0.15, -0.1) is 6.58 Å². The zero-order valence-corrected chi connectivity index (χ0v) is 12.9. The first-order chi connectivity index (χ1) is 8.79. The summed E-state index contributed by atoms with van der Waals surface area (Å²) in [6.45, 7) is 13.7. The minimum Gasteiger partial charge on any atom is -0.496 e. The summed E-state index contributed by atoms with van der Waals surface area (Å²) in [6.07, 6.45) is 2.96. The van der Waals surface area contributed by atoms with Crippen molar-refractivity contribution in [2.45, 2.75) is 39.7 Å². The first-order valence-electron chi connectivity index (χ1n) is 6.80. The molecule has 1 unspecified atom stereocenters. The van der Waals surface area contributed by atoms with Crippen molar-refractivity contribution < 1.29 is 4.74 Å². The number of benzene rings is 1. The molecule has 1 atom stereocenters. The van der Waals surface area contributed by atoms with Crippen molar-refractivity contribution in [2.75, 3.05) is 13.7 Å². The van der Waals surface area contributed by atoms with Gasteiger partial charge in [0.1, 0.15) is 5.75 Å². The average Bonchev–Trinajstić information content (AvgIpc) is 2.36. The molecule has 1 N–H and O–H groups in total. The van der Waals surface area contributed by atoms with Gasteiger partial charge in [-0.3, -0.25) is 0 Å². The summed E-state index contributed by atoms with van der Waals surface area (Å²) in [5, 5.41) is 3.56. The lowest BCUT2D eigenvalue weighted by molar-refractivity contribution is 0.318. The molecule has 106 valence electrons. The predicted octanol–water partition coefficient (Wildman–Crippen LogP) is 3.82. The highest BCUT2D eigenvalue weighted by molar-refractivity contribution is 5.34. The van der Waals surface area contributed by atoms with Crippen molar-refractivity contribution >= 4 is 0 Å². The highest BCUT2D eigenvalue weighted by Crippen LogP contribution is 2.29. The molecule has 1 rings (SSSR count). The molecule has 1 aromatic rings. The molecule has 0 aliphatic carbocycles. The number of hydrogen-bond acceptors (Lipinski definition) is 2. The monoisotopic (exact) mass is 261 g/mol. The van der Waals surface area contributed by atoms with Crippen LogP contribution in [0, 0.1) is 5.41 Å². The summed E-state index contributed by atoms with van der Waals surface area (Å²) in [7, 11) is 1.72. The Morgan fingerprint density at radius 1 is 1.21 bits per heavy atom. The zero-order valence-electron chi connectivity index (χ0n) is 12.9. The summed E-state index contributed by atoms with van der Waals surface area (Å²) >= 11 is 0. The van der Waals surface area contributed by atoms with Gasteiger partial charge in [-0.1, -0.05) is 31.2 Å². The Morgan fingerprint density at radius 3 is 2.37 bits per heavy atom. The van der Waals surface area contributed by atoms with E-state index in [-0.39, 0.29) is 11.0 Å².